The second-order valence-electron chi connectivity index (χ2n) is 5.51. The number of hydrogen-bond donors (Lipinski definition) is 0. The lowest BCUT2D eigenvalue weighted by atomic mass is 10.0. The van der Waals surface area contributed by atoms with Crippen LogP contribution in [0, 0.1) is 0 Å². The molecule has 19 heavy (non-hydrogen) atoms. The molecule has 0 N–H and O–H groups in total. The van der Waals surface area contributed by atoms with Gasteiger partial charge in [0.15, 0.2) is 5.43 Å². The highest BCUT2D eigenvalue weighted by Crippen LogP contribution is 2.26. The molecule has 0 saturated carbocycles. The molecule has 0 unspecified atom stereocenters. The lowest BCUT2D eigenvalue weighted by Gasteiger charge is -2.07. The van der Waals surface area contributed by atoms with Gasteiger partial charge in [-0.2, -0.15) is 0 Å². The van der Waals surface area contributed by atoms with Gasteiger partial charge >= 0.3 is 0 Å². The molecule has 1 heterocycles. The van der Waals surface area contributed by atoms with Crippen molar-refractivity contribution in [2.45, 2.75) is 39.0 Å². The number of aryl methyl sites for hydroxylation is 1. The Hall–Kier alpha value is -1.83. The van der Waals surface area contributed by atoms with Gasteiger partial charge in [0.05, 0.1) is 0 Å². The van der Waals surface area contributed by atoms with Gasteiger partial charge in [0.25, 0.3) is 0 Å². The average molecular weight is 254 g/mol. The number of hydrogen-bond acceptors (Lipinski definition) is 2. The smallest absolute Gasteiger partial charge is 0.188 e. The van der Waals surface area contributed by atoms with Crippen LogP contribution in [0.25, 0.3) is 11.3 Å². The van der Waals surface area contributed by atoms with Crippen molar-refractivity contribution in [2.75, 3.05) is 0 Å². The maximum Gasteiger partial charge on any atom is 0.188 e. The Labute approximate surface area is 113 Å². The van der Waals surface area contributed by atoms with Crippen molar-refractivity contribution in [3.8, 4) is 11.3 Å². The molecule has 2 aromatic rings. The Bertz CT molecular complexity index is 648. The fraction of sp³-hybridized carbons (Fsp3) is 0.353. The third-order valence-corrected chi connectivity index (χ3v) is 3.82. The van der Waals surface area contributed by atoms with Crippen LogP contribution in [0.4, 0.5) is 0 Å². The number of fused-ring (bicyclic) bond motifs is 1. The molecule has 98 valence electrons. The topological polar surface area (TPSA) is 30.2 Å². The molecule has 0 atom stereocenters. The van der Waals surface area contributed by atoms with Crippen molar-refractivity contribution in [2.24, 2.45) is 0 Å². The van der Waals surface area contributed by atoms with Crippen molar-refractivity contribution in [3.63, 3.8) is 0 Å². The first-order valence-electron chi connectivity index (χ1n) is 6.91. The normalized spacial score (nSPS) is 13.8. The van der Waals surface area contributed by atoms with Crippen molar-refractivity contribution >= 4 is 0 Å². The van der Waals surface area contributed by atoms with Crippen LogP contribution in [-0.2, 0) is 12.8 Å². The summed E-state index contributed by atoms with van der Waals surface area (Å²) in [5.41, 5.74) is 3.28. The summed E-state index contributed by atoms with van der Waals surface area (Å²) in [6.07, 6.45) is 2.79. The van der Waals surface area contributed by atoms with Crippen LogP contribution >= 0.6 is 0 Å². The standard InChI is InChI=1S/C17H18O2/c1-11(2)12-6-8-13(9-7-12)17-10-15(18)14-4-3-5-16(14)19-17/h6-11H,3-5H2,1-2H3. The van der Waals surface area contributed by atoms with E-state index in [0.29, 0.717) is 11.7 Å². The molecule has 0 fully saturated rings. The monoisotopic (exact) mass is 254 g/mol. The lowest BCUT2D eigenvalue weighted by Crippen LogP contribution is -2.06. The first-order chi connectivity index (χ1) is 9.15. The van der Waals surface area contributed by atoms with E-state index < -0.39 is 0 Å². The fourth-order valence-corrected chi connectivity index (χ4v) is 2.63. The summed E-state index contributed by atoms with van der Waals surface area (Å²) < 4.78 is 5.89. The third kappa shape index (κ3) is 2.23. The molecule has 1 aliphatic carbocycles. The van der Waals surface area contributed by atoms with Gasteiger partial charge < -0.3 is 4.42 Å². The van der Waals surface area contributed by atoms with Crippen molar-refractivity contribution < 1.29 is 4.42 Å². The Morgan fingerprint density at radius 2 is 1.84 bits per heavy atom. The van der Waals surface area contributed by atoms with Crippen LogP contribution in [0.3, 0.4) is 0 Å². The summed E-state index contributed by atoms with van der Waals surface area (Å²) in [6.45, 7) is 4.34. The zero-order valence-electron chi connectivity index (χ0n) is 11.4. The van der Waals surface area contributed by atoms with E-state index in [0.717, 1.165) is 36.1 Å². The van der Waals surface area contributed by atoms with Gasteiger partial charge in [0.1, 0.15) is 11.5 Å². The zero-order chi connectivity index (χ0) is 13.4. The third-order valence-electron chi connectivity index (χ3n) is 3.82. The number of rotatable bonds is 2. The Balaban J connectivity index is 2.03. The molecule has 2 nitrogen and oxygen atoms in total. The molecule has 1 aromatic heterocycles. The van der Waals surface area contributed by atoms with E-state index in [4.69, 9.17) is 4.42 Å². The Kier molecular flexibility index (Phi) is 3.02. The molecule has 0 aliphatic heterocycles. The van der Waals surface area contributed by atoms with Crippen LogP contribution in [0.5, 0.6) is 0 Å². The SMILES string of the molecule is CC(C)c1ccc(-c2cc(=O)c3c(o2)CCC3)cc1. The van der Waals surface area contributed by atoms with Gasteiger partial charge in [0, 0.05) is 23.6 Å². The van der Waals surface area contributed by atoms with Crippen LogP contribution in [0.2, 0.25) is 0 Å². The summed E-state index contributed by atoms with van der Waals surface area (Å²) in [6, 6.07) is 9.92. The molecule has 0 radical (unpaired) electrons. The van der Waals surface area contributed by atoms with E-state index in [2.05, 4.69) is 26.0 Å². The Morgan fingerprint density at radius 3 is 2.53 bits per heavy atom. The minimum absolute atomic E-state index is 0.127. The van der Waals surface area contributed by atoms with Gasteiger partial charge in [-0.15, -0.1) is 0 Å². The van der Waals surface area contributed by atoms with E-state index >= 15 is 0 Å². The molecular weight excluding hydrogens is 236 g/mol. The quantitative estimate of drug-likeness (QED) is 0.813. The molecule has 0 bridgehead atoms. The maximum absolute atomic E-state index is 12.0. The first kappa shape index (κ1) is 12.2. The van der Waals surface area contributed by atoms with Crippen molar-refractivity contribution in [3.05, 3.63) is 57.4 Å². The van der Waals surface area contributed by atoms with E-state index in [-0.39, 0.29) is 5.43 Å². The first-order valence-corrected chi connectivity index (χ1v) is 6.91. The highest BCUT2D eigenvalue weighted by molar-refractivity contribution is 5.58. The van der Waals surface area contributed by atoms with Crippen molar-refractivity contribution in [1.29, 1.82) is 0 Å². The predicted octanol–water partition coefficient (Wildman–Crippen LogP) is 3.92. The number of benzene rings is 1. The van der Waals surface area contributed by atoms with Crippen molar-refractivity contribution in [1.82, 2.24) is 0 Å². The van der Waals surface area contributed by atoms with Gasteiger partial charge in [-0.25, -0.2) is 0 Å². The van der Waals surface area contributed by atoms with Gasteiger partial charge in [-0.1, -0.05) is 38.1 Å². The summed E-state index contributed by atoms with van der Waals surface area (Å²) in [7, 11) is 0. The molecule has 0 saturated heterocycles. The van der Waals surface area contributed by atoms with E-state index in [1.807, 2.05) is 12.1 Å². The van der Waals surface area contributed by atoms with Gasteiger partial charge in [-0.05, 0) is 24.3 Å². The predicted molar refractivity (Wildman–Crippen MR) is 76.5 cm³/mol. The molecule has 1 aliphatic rings. The molecule has 0 spiro atoms. The largest absolute Gasteiger partial charge is 0.461 e. The van der Waals surface area contributed by atoms with Gasteiger partial charge in [-0.3, -0.25) is 4.79 Å². The summed E-state index contributed by atoms with van der Waals surface area (Å²) in [4.78, 5) is 12.0. The zero-order valence-corrected chi connectivity index (χ0v) is 11.4. The summed E-state index contributed by atoms with van der Waals surface area (Å²) >= 11 is 0. The van der Waals surface area contributed by atoms with Crippen LogP contribution in [0.1, 0.15) is 43.1 Å². The highest BCUT2D eigenvalue weighted by atomic mass is 16.3. The average Bonchev–Trinajstić information content (AvgIpc) is 2.87. The second kappa shape index (κ2) is 4.69. The van der Waals surface area contributed by atoms with Gasteiger partial charge in [0.2, 0.25) is 0 Å². The summed E-state index contributed by atoms with van der Waals surface area (Å²) in [5, 5.41) is 0. The van der Waals surface area contributed by atoms with Crippen LogP contribution in [-0.4, -0.2) is 0 Å². The molecule has 2 heteroatoms. The Morgan fingerprint density at radius 1 is 1.11 bits per heavy atom. The minimum atomic E-state index is 0.127. The highest BCUT2D eigenvalue weighted by Gasteiger charge is 2.18. The van der Waals surface area contributed by atoms with E-state index in [1.165, 1.54) is 5.56 Å². The maximum atomic E-state index is 12.0. The summed E-state index contributed by atoms with van der Waals surface area (Å²) in [5.74, 6) is 2.09. The second-order valence-corrected chi connectivity index (χ2v) is 5.51. The minimum Gasteiger partial charge on any atom is -0.461 e. The van der Waals surface area contributed by atoms with Crippen LogP contribution < -0.4 is 5.43 Å². The van der Waals surface area contributed by atoms with E-state index in [9.17, 15) is 4.79 Å². The lowest BCUT2D eigenvalue weighted by molar-refractivity contribution is 0.513. The molecule has 3 rings (SSSR count). The molecule has 1 aromatic carbocycles. The molecule has 0 amide bonds. The molecular formula is C17H18O2. The van der Waals surface area contributed by atoms with Crippen LogP contribution in [0.15, 0.2) is 39.5 Å². The fourth-order valence-electron chi connectivity index (χ4n) is 2.63. The van der Waals surface area contributed by atoms with E-state index in [1.54, 1.807) is 6.07 Å².